The second-order valence-corrected chi connectivity index (χ2v) is 9.25. The van der Waals surface area contributed by atoms with Gasteiger partial charge in [-0.25, -0.2) is 0 Å². The Labute approximate surface area is 164 Å². The zero-order valence-corrected chi connectivity index (χ0v) is 17.0. The van der Waals surface area contributed by atoms with E-state index in [0.29, 0.717) is 6.42 Å². The lowest BCUT2D eigenvalue weighted by atomic mass is 9.73. The van der Waals surface area contributed by atoms with Crippen LogP contribution >= 0.6 is 0 Å². The van der Waals surface area contributed by atoms with E-state index in [-0.39, 0.29) is 17.4 Å². The fourth-order valence-electron chi connectivity index (χ4n) is 5.89. The Morgan fingerprint density at radius 3 is 2.63 bits per heavy atom. The lowest BCUT2D eigenvalue weighted by molar-refractivity contribution is -0.121. The van der Waals surface area contributed by atoms with E-state index in [2.05, 4.69) is 41.4 Å². The maximum Gasteiger partial charge on any atom is 0.220 e. The average Bonchev–Trinajstić information content (AvgIpc) is 2.98. The monoisotopic (exact) mass is 368 g/mol. The molecule has 27 heavy (non-hydrogen) atoms. The summed E-state index contributed by atoms with van der Waals surface area (Å²) in [7, 11) is 0. The van der Waals surface area contributed by atoms with Crippen molar-refractivity contribution in [3.05, 3.63) is 35.4 Å². The second-order valence-electron chi connectivity index (χ2n) is 9.25. The van der Waals surface area contributed by atoms with Crippen molar-refractivity contribution in [3.8, 4) is 0 Å². The van der Waals surface area contributed by atoms with Crippen molar-refractivity contribution >= 4 is 5.91 Å². The Kier molecular flexibility index (Phi) is 5.87. The van der Waals surface area contributed by atoms with Crippen LogP contribution in [0, 0.1) is 5.92 Å². The van der Waals surface area contributed by atoms with Gasteiger partial charge in [0.05, 0.1) is 6.04 Å². The lowest BCUT2D eigenvalue weighted by Gasteiger charge is -2.42. The van der Waals surface area contributed by atoms with Gasteiger partial charge in [-0.3, -0.25) is 4.79 Å². The molecule has 0 unspecified atom stereocenters. The molecule has 1 N–H and O–H groups in total. The van der Waals surface area contributed by atoms with Gasteiger partial charge in [-0.2, -0.15) is 0 Å². The van der Waals surface area contributed by atoms with E-state index in [1.807, 2.05) is 0 Å². The van der Waals surface area contributed by atoms with Crippen LogP contribution in [0.5, 0.6) is 0 Å². The van der Waals surface area contributed by atoms with Crippen molar-refractivity contribution in [3.63, 3.8) is 0 Å². The van der Waals surface area contributed by atoms with Crippen LogP contribution in [0.15, 0.2) is 24.3 Å². The smallest absolute Gasteiger partial charge is 0.220 e. The van der Waals surface area contributed by atoms with Gasteiger partial charge in [0.1, 0.15) is 0 Å². The van der Waals surface area contributed by atoms with Gasteiger partial charge in [-0.05, 0) is 68.7 Å². The van der Waals surface area contributed by atoms with Crippen molar-refractivity contribution in [2.75, 3.05) is 19.6 Å². The molecular weight excluding hydrogens is 332 g/mol. The predicted molar refractivity (Wildman–Crippen MR) is 111 cm³/mol. The number of amides is 1. The Balaban J connectivity index is 1.42. The Bertz CT molecular complexity index is 642. The van der Waals surface area contributed by atoms with Crippen LogP contribution in [0.25, 0.3) is 0 Å². The minimum Gasteiger partial charge on any atom is -0.349 e. The summed E-state index contributed by atoms with van der Waals surface area (Å²) in [5.74, 6) is 1.15. The van der Waals surface area contributed by atoms with Gasteiger partial charge in [-0.15, -0.1) is 0 Å². The zero-order chi connectivity index (χ0) is 18.7. The molecule has 2 aliphatic carbocycles. The van der Waals surface area contributed by atoms with Crippen molar-refractivity contribution in [2.24, 2.45) is 5.92 Å². The highest BCUT2D eigenvalue weighted by Gasteiger charge is 2.45. The zero-order valence-electron chi connectivity index (χ0n) is 17.0. The maximum absolute atomic E-state index is 12.2. The molecule has 0 bridgehead atoms. The van der Waals surface area contributed by atoms with E-state index in [0.717, 1.165) is 18.8 Å². The molecule has 1 spiro atoms. The standard InChI is InChI=1S/C24H36N2O/c1-2-8-23(27)25-22-17-24(21-12-7-6-11-20(21)22)13-15-26(16-14-24)18-19-9-4-3-5-10-19/h6-7,11-12,19,22H,2-5,8-10,13-18H2,1H3,(H,25,27)/t22-/m0/s1. The topological polar surface area (TPSA) is 32.3 Å². The third-order valence-electron chi connectivity index (χ3n) is 7.37. The molecule has 3 aliphatic rings. The molecule has 3 nitrogen and oxygen atoms in total. The molecule has 1 aromatic rings. The van der Waals surface area contributed by atoms with Crippen LogP contribution in [0.3, 0.4) is 0 Å². The summed E-state index contributed by atoms with van der Waals surface area (Å²) in [6.45, 7) is 5.83. The fraction of sp³-hybridized carbons (Fsp3) is 0.708. The number of nitrogens with one attached hydrogen (secondary N) is 1. The van der Waals surface area contributed by atoms with E-state index in [9.17, 15) is 4.79 Å². The van der Waals surface area contributed by atoms with Crippen LogP contribution in [0.4, 0.5) is 0 Å². The third-order valence-corrected chi connectivity index (χ3v) is 7.37. The minimum absolute atomic E-state index is 0.212. The summed E-state index contributed by atoms with van der Waals surface area (Å²) < 4.78 is 0. The summed E-state index contributed by atoms with van der Waals surface area (Å²) in [6.07, 6.45) is 12.4. The maximum atomic E-state index is 12.2. The highest BCUT2D eigenvalue weighted by molar-refractivity contribution is 5.76. The lowest BCUT2D eigenvalue weighted by Crippen LogP contribution is -2.44. The third kappa shape index (κ3) is 4.08. The summed E-state index contributed by atoms with van der Waals surface area (Å²) in [6, 6.07) is 9.11. The Hall–Kier alpha value is -1.35. The van der Waals surface area contributed by atoms with E-state index in [1.165, 1.54) is 75.7 Å². The van der Waals surface area contributed by atoms with Crippen LogP contribution in [-0.2, 0) is 10.2 Å². The van der Waals surface area contributed by atoms with Crippen LogP contribution in [0.2, 0.25) is 0 Å². The van der Waals surface area contributed by atoms with Gasteiger partial charge in [0, 0.05) is 18.4 Å². The fourth-order valence-corrected chi connectivity index (χ4v) is 5.89. The number of benzene rings is 1. The molecule has 1 heterocycles. The highest BCUT2D eigenvalue weighted by atomic mass is 16.1. The molecule has 148 valence electrons. The van der Waals surface area contributed by atoms with Crippen molar-refractivity contribution in [2.45, 2.75) is 82.6 Å². The quantitative estimate of drug-likeness (QED) is 0.796. The molecule has 1 aromatic carbocycles. The first-order chi connectivity index (χ1) is 13.2. The molecule has 1 saturated heterocycles. The predicted octanol–water partition coefficient (Wildman–Crippen LogP) is 4.96. The molecule has 1 saturated carbocycles. The van der Waals surface area contributed by atoms with Crippen LogP contribution in [-0.4, -0.2) is 30.4 Å². The number of likely N-dealkylation sites (tertiary alicyclic amines) is 1. The molecule has 0 aromatic heterocycles. The van der Waals surface area contributed by atoms with Gasteiger partial charge in [0.25, 0.3) is 0 Å². The molecule has 2 fully saturated rings. The Morgan fingerprint density at radius 1 is 1.15 bits per heavy atom. The number of rotatable bonds is 5. The van der Waals surface area contributed by atoms with Crippen molar-refractivity contribution in [1.29, 1.82) is 0 Å². The molecule has 1 atom stereocenters. The van der Waals surface area contributed by atoms with E-state index >= 15 is 0 Å². The number of piperidine rings is 1. The average molecular weight is 369 g/mol. The van der Waals surface area contributed by atoms with Gasteiger partial charge in [-0.1, -0.05) is 50.5 Å². The Morgan fingerprint density at radius 2 is 1.89 bits per heavy atom. The number of hydrogen-bond donors (Lipinski definition) is 1. The molecule has 3 heteroatoms. The number of carbonyl (C=O) groups excluding carboxylic acids is 1. The first-order valence-corrected chi connectivity index (χ1v) is 11.3. The number of hydrogen-bond acceptors (Lipinski definition) is 2. The van der Waals surface area contributed by atoms with E-state index < -0.39 is 0 Å². The molecular formula is C24H36N2O. The summed E-state index contributed by atoms with van der Waals surface area (Å²) >= 11 is 0. The molecule has 4 rings (SSSR count). The highest BCUT2D eigenvalue weighted by Crippen LogP contribution is 2.50. The second kappa shape index (κ2) is 8.34. The normalized spacial score (nSPS) is 25.4. The van der Waals surface area contributed by atoms with Gasteiger partial charge in [0.15, 0.2) is 0 Å². The number of fused-ring (bicyclic) bond motifs is 2. The molecule has 1 amide bonds. The van der Waals surface area contributed by atoms with Gasteiger partial charge >= 0.3 is 0 Å². The SMILES string of the molecule is CCCC(=O)N[C@H]1CC2(CCN(CC3CCCCC3)CC2)c2ccccc21. The largest absolute Gasteiger partial charge is 0.349 e. The van der Waals surface area contributed by atoms with Gasteiger partial charge in [0.2, 0.25) is 5.91 Å². The minimum atomic E-state index is 0.212. The first-order valence-electron chi connectivity index (χ1n) is 11.3. The summed E-state index contributed by atoms with van der Waals surface area (Å²) in [5.41, 5.74) is 3.18. The molecule has 0 radical (unpaired) electrons. The van der Waals surface area contributed by atoms with E-state index in [1.54, 1.807) is 0 Å². The number of nitrogens with zero attached hydrogens (tertiary/aromatic N) is 1. The first kappa shape index (κ1) is 19.0. The van der Waals surface area contributed by atoms with E-state index in [4.69, 9.17) is 0 Å². The van der Waals surface area contributed by atoms with Crippen molar-refractivity contribution in [1.82, 2.24) is 10.2 Å². The molecule has 1 aliphatic heterocycles. The number of carbonyl (C=O) groups is 1. The van der Waals surface area contributed by atoms with Gasteiger partial charge < -0.3 is 10.2 Å². The summed E-state index contributed by atoms with van der Waals surface area (Å²) in [5, 5.41) is 3.33. The van der Waals surface area contributed by atoms with Crippen LogP contribution < -0.4 is 5.32 Å². The van der Waals surface area contributed by atoms with Crippen LogP contribution in [0.1, 0.15) is 88.3 Å². The van der Waals surface area contributed by atoms with Crippen molar-refractivity contribution < 1.29 is 4.79 Å². The summed E-state index contributed by atoms with van der Waals surface area (Å²) in [4.78, 5) is 15.0.